The summed E-state index contributed by atoms with van der Waals surface area (Å²) in [6.07, 6.45) is 1.12. The summed E-state index contributed by atoms with van der Waals surface area (Å²) in [6, 6.07) is 19.6. The second-order valence-corrected chi connectivity index (χ2v) is 7.20. The molecular weight excluding hydrogens is 380 g/mol. The Morgan fingerprint density at radius 3 is 2.50 bits per heavy atom. The minimum atomic E-state index is -1.00. The number of benzene rings is 2. The molecule has 1 atom stereocenters. The van der Waals surface area contributed by atoms with Gasteiger partial charge in [0.2, 0.25) is 0 Å². The summed E-state index contributed by atoms with van der Waals surface area (Å²) in [4.78, 5) is 25.3. The zero-order valence-corrected chi connectivity index (χ0v) is 16.4. The lowest BCUT2D eigenvalue weighted by molar-refractivity contribution is -0.123. The molecule has 1 heterocycles. The van der Waals surface area contributed by atoms with Gasteiger partial charge in [0, 0.05) is 11.6 Å². The van der Waals surface area contributed by atoms with Crippen molar-refractivity contribution in [1.29, 1.82) is 5.26 Å². The number of amides is 1. The number of carbonyl (C=O) groups excluding carboxylic acids is 2. The molecule has 0 bridgehead atoms. The monoisotopic (exact) mass is 400 g/mol. The Morgan fingerprint density at radius 1 is 1.17 bits per heavy atom. The van der Waals surface area contributed by atoms with E-state index in [0.29, 0.717) is 22.9 Å². The molecule has 1 aromatic heterocycles. The van der Waals surface area contributed by atoms with Gasteiger partial charge in [0.1, 0.15) is 0 Å². The molecule has 1 saturated carbocycles. The van der Waals surface area contributed by atoms with Crippen LogP contribution in [-0.2, 0) is 9.53 Å². The number of nitrogens with zero attached hydrogens (tertiary/aromatic N) is 3. The van der Waals surface area contributed by atoms with Crippen LogP contribution in [-0.4, -0.2) is 27.8 Å². The molecule has 1 amide bonds. The largest absolute Gasteiger partial charge is 0.448 e. The van der Waals surface area contributed by atoms with Gasteiger partial charge in [-0.05, 0) is 62.2 Å². The van der Waals surface area contributed by atoms with Gasteiger partial charge in [0.25, 0.3) is 5.91 Å². The Labute approximate surface area is 173 Å². The number of carbonyl (C=O) groups is 2. The highest BCUT2D eigenvalue weighted by Crippen LogP contribution is 2.39. The minimum Gasteiger partial charge on any atom is -0.448 e. The van der Waals surface area contributed by atoms with Gasteiger partial charge >= 0.3 is 5.97 Å². The predicted molar refractivity (Wildman–Crippen MR) is 110 cm³/mol. The summed E-state index contributed by atoms with van der Waals surface area (Å²) in [5.74, 6) is -0.694. The van der Waals surface area contributed by atoms with Crippen molar-refractivity contribution in [3.63, 3.8) is 0 Å². The first kappa shape index (κ1) is 19.4. The normalized spacial score (nSPS) is 13.9. The molecule has 150 valence electrons. The molecule has 0 spiro atoms. The van der Waals surface area contributed by atoms with E-state index in [1.165, 1.54) is 6.92 Å². The zero-order valence-electron chi connectivity index (χ0n) is 16.4. The molecule has 1 aliphatic rings. The molecule has 7 heteroatoms. The first-order valence-electron chi connectivity index (χ1n) is 9.72. The summed E-state index contributed by atoms with van der Waals surface area (Å²) < 4.78 is 7.00. The summed E-state index contributed by atoms with van der Waals surface area (Å²) in [7, 11) is 0. The Bertz CT molecular complexity index is 1110. The van der Waals surface area contributed by atoms with Crippen molar-refractivity contribution in [1.82, 2.24) is 9.78 Å². The summed E-state index contributed by atoms with van der Waals surface area (Å²) >= 11 is 0. The van der Waals surface area contributed by atoms with Crippen LogP contribution in [0.3, 0.4) is 0 Å². The van der Waals surface area contributed by atoms with Gasteiger partial charge in [-0.1, -0.05) is 18.2 Å². The lowest BCUT2D eigenvalue weighted by Crippen LogP contribution is -2.30. The van der Waals surface area contributed by atoms with E-state index in [-0.39, 0.29) is 0 Å². The van der Waals surface area contributed by atoms with Gasteiger partial charge < -0.3 is 10.1 Å². The summed E-state index contributed by atoms with van der Waals surface area (Å²) in [5.41, 5.74) is 2.92. The molecule has 30 heavy (non-hydrogen) atoms. The zero-order chi connectivity index (χ0) is 21.1. The van der Waals surface area contributed by atoms with Crippen molar-refractivity contribution in [3.05, 3.63) is 77.6 Å². The molecule has 0 saturated heterocycles. The quantitative estimate of drug-likeness (QED) is 0.635. The number of nitriles is 1. The van der Waals surface area contributed by atoms with E-state index in [1.54, 1.807) is 35.0 Å². The molecule has 3 aromatic rings. The van der Waals surface area contributed by atoms with Gasteiger partial charge in [0.05, 0.1) is 23.0 Å². The number of rotatable bonds is 6. The first-order valence-corrected chi connectivity index (χ1v) is 9.72. The van der Waals surface area contributed by atoms with Gasteiger partial charge in [0.15, 0.2) is 11.8 Å². The van der Waals surface area contributed by atoms with Crippen LogP contribution in [0, 0.1) is 11.3 Å². The second-order valence-electron chi connectivity index (χ2n) is 7.20. The molecule has 4 rings (SSSR count). The molecule has 1 fully saturated rings. The molecule has 0 radical (unpaired) electrons. The SMILES string of the molecule is CC(OC(=O)c1cc(C2CC2)nn1-c1ccccc1)C(=O)Nc1ccc(C#N)cc1. The van der Waals surface area contributed by atoms with E-state index in [9.17, 15) is 9.59 Å². The van der Waals surface area contributed by atoms with E-state index in [0.717, 1.165) is 24.2 Å². The number of para-hydroxylation sites is 1. The van der Waals surface area contributed by atoms with Crippen molar-refractivity contribution >= 4 is 17.6 Å². The van der Waals surface area contributed by atoms with Crippen LogP contribution in [0.15, 0.2) is 60.7 Å². The van der Waals surface area contributed by atoms with Crippen molar-refractivity contribution in [2.75, 3.05) is 5.32 Å². The van der Waals surface area contributed by atoms with Crippen molar-refractivity contribution in [2.24, 2.45) is 0 Å². The maximum atomic E-state index is 12.8. The average Bonchev–Trinajstić information content (AvgIpc) is 3.52. The van der Waals surface area contributed by atoms with Crippen molar-refractivity contribution in [3.8, 4) is 11.8 Å². The number of hydrogen-bond acceptors (Lipinski definition) is 5. The fourth-order valence-electron chi connectivity index (χ4n) is 3.04. The second kappa shape index (κ2) is 8.21. The first-order chi connectivity index (χ1) is 14.5. The van der Waals surface area contributed by atoms with Crippen LogP contribution in [0.1, 0.15) is 47.4 Å². The highest BCUT2D eigenvalue weighted by atomic mass is 16.5. The Morgan fingerprint density at radius 2 is 1.87 bits per heavy atom. The van der Waals surface area contributed by atoms with Crippen LogP contribution in [0.2, 0.25) is 0 Å². The molecule has 0 aliphatic heterocycles. The number of esters is 1. The van der Waals surface area contributed by atoms with Crippen LogP contribution >= 0.6 is 0 Å². The highest BCUT2D eigenvalue weighted by molar-refractivity contribution is 5.97. The molecule has 1 aliphatic carbocycles. The van der Waals surface area contributed by atoms with E-state index >= 15 is 0 Å². The smallest absolute Gasteiger partial charge is 0.357 e. The van der Waals surface area contributed by atoms with E-state index in [2.05, 4.69) is 10.4 Å². The molecule has 7 nitrogen and oxygen atoms in total. The maximum Gasteiger partial charge on any atom is 0.357 e. The number of anilines is 1. The van der Waals surface area contributed by atoms with Crippen LogP contribution in [0.5, 0.6) is 0 Å². The lowest BCUT2D eigenvalue weighted by Gasteiger charge is -2.14. The van der Waals surface area contributed by atoms with Gasteiger partial charge in [-0.25, -0.2) is 9.48 Å². The third-order valence-corrected chi connectivity index (χ3v) is 4.87. The third kappa shape index (κ3) is 4.23. The van der Waals surface area contributed by atoms with Gasteiger partial charge in [-0.15, -0.1) is 0 Å². The Hall–Kier alpha value is -3.92. The van der Waals surface area contributed by atoms with Crippen LogP contribution < -0.4 is 5.32 Å². The summed E-state index contributed by atoms with van der Waals surface area (Å²) in [6.45, 7) is 1.52. The summed E-state index contributed by atoms with van der Waals surface area (Å²) in [5, 5.41) is 16.1. The van der Waals surface area contributed by atoms with Crippen LogP contribution in [0.25, 0.3) is 5.69 Å². The molecule has 1 N–H and O–H groups in total. The fraction of sp³-hybridized carbons (Fsp3) is 0.217. The number of aromatic nitrogens is 2. The molecular formula is C23H20N4O3. The standard InChI is InChI=1S/C23H20N4O3/c1-15(22(28)25-18-11-7-16(14-24)8-12-18)30-23(29)21-13-20(17-9-10-17)26-27(21)19-5-3-2-4-6-19/h2-8,11-13,15,17H,9-10H2,1H3,(H,25,28). The number of hydrogen-bond donors (Lipinski definition) is 1. The molecule has 2 aromatic carbocycles. The lowest BCUT2D eigenvalue weighted by atomic mass is 10.2. The van der Waals surface area contributed by atoms with Gasteiger partial charge in [-0.2, -0.15) is 10.4 Å². The third-order valence-electron chi connectivity index (χ3n) is 4.87. The predicted octanol–water partition coefficient (Wildman–Crippen LogP) is 3.81. The number of nitrogens with one attached hydrogen (secondary N) is 1. The average molecular weight is 400 g/mol. The van der Waals surface area contributed by atoms with E-state index < -0.39 is 18.0 Å². The van der Waals surface area contributed by atoms with E-state index in [1.807, 2.05) is 36.4 Å². The fourth-order valence-corrected chi connectivity index (χ4v) is 3.04. The maximum absolute atomic E-state index is 12.8. The number of ether oxygens (including phenoxy) is 1. The minimum absolute atomic E-state index is 0.293. The Balaban J connectivity index is 1.48. The highest BCUT2D eigenvalue weighted by Gasteiger charge is 2.30. The van der Waals surface area contributed by atoms with Crippen LogP contribution in [0.4, 0.5) is 5.69 Å². The van der Waals surface area contributed by atoms with Crippen molar-refractivity contribution in [2.45, 2.75) is 31.8 Å². The van der Waals surface area contributed by atoms with E-state index in [4.69, 9.17) is 10.00 Å². The molecule has 1 unspecified atom stereocenters. The topological polar surface area (TPSA) is 97.0 Å². The van der Waals surface area contributed by atoms with Gasteiger partial charge in [-0.3, -0.25) is 4.79 Å². The Kier molecular flexibility index (Phi) is 5.31. The van der Waals surface area contributed by atoms with Crippen molar-refractivity contribution < 1.29 is 14.3 Å².